The molecular weight excluding hydrogens is 294 g/mol. The third-order valence-electron chi connectivity index (χ3n) is 3.21. The predicted molar refractivity (Wildman–Crippen MR) is 89.3 cm³/mol. The van der Waals surface area contributed by atoms with E-state index in [1.165, 1.54) is 0 Å². The molecule has 0 bridgehead atoms. The maximum absolute atomic E-state index is 11.8. The van der Waals surface area contributed by atoms with E-state index in [0.717, 1.165) is 17.1 Å². The van der Waals surface area contributed by atoms with Crippen LogP contribution in [0.5, 0.6) is 11.5 Å². The summed E-state index contributed by atoms with van der Waals surface area (Å²) >= 11 is 0. The smallest absolute Gasteiger partial charge is 0.411 e. The van der Waals surface area contributed by atoms with Gasteiger partial charge in [-0.2, -0.15) is 0 Å². The molecule has 0 fully saturated rings. The monoisotopic (exact) mass is 315 g/mol. The van der Waals surface area contributed by atoms with Crippen LogP contribution in [-0.4, -0.2) is 26.4 Å². The molecule has 1 amide bonds. The van der Waals surface area contributed by atoms with E-state index in [1.807, 2.05) is 31.2 Å². The number of rotatable bonds is 7. The van der Waals surface area contributed by atoms with Gasteiger partial charge in [-0.3, -0.25) is 5.32 Å². The molecular formula is C18H21NO4. The summed E-state index contributed by atoms with van der Waals surface area (Å²) < 4.78 is 15.8. The van der Waals surface area contributed by atoms with Crippen molar-refractivity contribution >= 4 is 11.8 Å². The Morgan fingerprint density at radius 3 is 2.52 bits per heavy atom. The summed E-state index contributed by atoms with van der Waals surface area (Å²) in [6.07, 6.45) is 0.121. The number of carbonyl (C=O) groups is 1. The molecule has 1 N–H and O–H groups in total. The van der Waals surface area contributed by atoms with E-state index in [1.54, 1.807) is 31.4 Å². The first-order chi connectivity index (χ1) is 11.2. The van der Waals surface area contributed by atoms with Crippen molar-refractivity contribution in [3.05, 3.63) is 54.1 Å². The average Bonchev–Trinajstić information content (AvgIpc) is 2.57. The van der Waals surface area contributed by atoms with Gasteiger partial charge in [-0.05, 0) is 42.8 Å². The van der Waals surface area contributed by atoms with E-state index in [9.17, 15) is 4.79 Å². The van der Waals surface area contributed by atoms with Gasteiger partial charge in [0.25, 0.3) is 0 Å². The summed E-state index contributed by atoms with van der Waals surface area (Å²) in [7, 11) is 1.59. The van der Waals surface area contributed by atoms with E-state index < -0.39 is 6.09 Å². The Morgan fingerprint density at radius 2 is 1.83 bits per heavy atom. The molecule has 0 aliphatic carbocycles. The Kier molecular flexibility index (Phi) is 6.29. The van der Waals surface area contributed by atoms with Crippen molar-refractivity contribution in [2.24, 2.45) is 0 Å². The largest absolute Gasteiger partial charge is 0.497 e. The van der Waals surface area contributed by atoms with Crippen molar-refractivity contribution in [3.63, 3.8) is 0 Å². The molecule has 23 heavy (non-hydrogen) atoms. The van der Waals surface area contributed by atoms with Crippen LogP contribution in [0.2, 0.25) is 0 Å². The summed E-state index contributed by atoms with van der Waals surface area (Å²) in [6, 6.07) is 14.8. The second-order valence-electron chi connectivity index (χ2n) is 4.78. The molecule has 0 saturated carbocycles. The van der Waals surface area contributed by atoms with Crippen LogP contribution in [0.25, 0.3) is 0 Å². The van der Waals surface area contributed by atoms with Crippen LogP contribution in [-0.2, 0) is 11.2 Å². The minimum absolute atomic E-state index is 0.284. The highest BCUT2D eigenvalue weighted by molar-refractivity contribution is 5.84. The summed E-state index contributed by atoms with van der Waals surface area (Å²) in [5.41, 5.74) is 1.68. The molecule has 0 atom stereocenters. The first-order valence-corrected chi connectivity index (χ1v) is 7.51. The Hall–Kier alpha value is -2.69. The summed E-state index contributed by atoms with van der Waals surface area (Å²) in [5, 5.41) is 2.67. The van der Waals surface area contributed by atoms with Crippen molar-refractivity contribution in [1.29, 1.82) is 0 Å². The third kappa shape index (κ3) is 5.21. The molecule has 122 valence electrons. The average molecular weight is 315 g/mol. The van der Waals surface area contributed by atoms with Gasteiger partial charge in [0.15, 0.2) is 0 Å². The predicted octanol–water partition coefficient (Wildman–Crippen LogP) is 3.89. The standard InChI is InChI=1S/C18H21NO4/c1-3-22-17-7-5-4-6-14(17)12-13-23-18(20)19-15-8-10-16(21-2)11-9-15/h4-11H,3,12-13H2,1-2H3,(H,19,20). The zero-order chi connectivity index (χ0) is 16.5. The number of carbonyl (C=O) groups excluding carboxylic acids is 1. The fraction of sp³-hybridized carbons (Fsp3) is 0.278. The van der Waals surface area contributed by atoms with E-state index in [4.69, 9.17) is 14.2 Å². The van der Waals surface area contributed by atoms with Gasteiger partial charge in [0.1, 0.15) is 11.5 Å². The van der Waals surface area contributed by atoms with Crippen molar-refractivity contribution < 1.29 is 19.0 Å². The number of amides is 1. The first-order valence-electron chi connectivity index (χ1n) is 7.51. The first kappa shape index (κ1) is 16.7. The normalized spacial score (nSPS) is 10.0. The second-order valence-corrected chi connectivity index (χ2v) is 4.78. The van der Waals surface area contributed by atoms with E-state index in [0.29, 0.717) is 18.7 Å². The summed E-state index contributed by atoms with van der Waals surface area (Å²) in [6.45, 7) is 2.83. The Labute approximate surface area is 136 Å². The number of hydrogen-bond acceptors (Lipinski definition) is 4. The molecule has 5 heteroatoms. The van der Waals surface area contributed by atoms with Crippen LogP contribution < -0.4 is 14.8 Å². The Balaban J connectivity index is 1.80. The summed E-state index contributed by atoms with van der Waals surface area (Å²) in [4.78, 5) is 11.8. The van der Waals surface area contributed by atoms with Crippen LogP contribution in [0.15, 0.2) is 48.5 Å². The lowest BCUT2D eigenvalue weighted by atomic mass is 10.1. The van der Waals surface area contributed by atoms with Crippen molar-refractivity contribution in [2.75, 3.05) is 25.6 Å². The van der Waals surface area contributed by atoms with Crippen LogP contribution >= 0.6 is 0 Å². The highest BCUT2D eigenvalue weighted by Gasteiger charge is 2.06. The lowest BCUT2D eigenvalue weighted by Crippen LogP contribution is -2.15. The maximum atomic E-state index is 11.8. The molecule has 0 radical (unpaired) electrons. The van der Waals surface area contributed by atoms with Crippen LogP contribution in [0.4, 0.5) is 10.5 Å². The molecule has 2 aromatic carbocycles. The quantitative estimate of drug-likeness (QED) is 0.842. The molecule has 0 saturated heterocycles. The van der Waals surface area contributed by atoms with E-state index >= 15 is 0 Å². The third-order valence-corrected chi connectivity index (χ3v) is 3.21. The van der Waals surface area contributed by atoms with Gasteiger partial charge in [-0.15, -0.1) is 0 Å². The molecule has 2 aromatic rings. The number of ether oxygens (including phenoxy) is 3. The molecule has 2 rings (SSSR count). The van der Waals surface area contributed by atoms with Gasteiger partial charge in [0.2, 0.25) is 0 Å². The van der Waals surface area contributed by atoms with Gasteiger partial charge in [0, 0.05) is 12.1 Å². The Morgan fingerprint density at radius 1 is 1.09 bits per heavy atom. The number of nitrogens with one attached hydrogen (secondary N) is 1. The molecule has 0 spiro atoms. The fourth-order valence-corrected chi connectivity index (χ4v) is 2.09. The number of benzene rings is 2. The van der Waals surface area contributed by atoms with Crippen molar-refractivity contribution in [1.82, 2.24) is 0 Å². The Bertz CT molecular complexity index is 625. The SMILES string of the molecule is CCOc1ccccc1CCOC(=O)Nc1ccc(OC)cc1. The lowest BCUT2D eigenvalue weighted by molar-refractivity contribution is 0.162. The minimum Gasteiger partial charge on any atom is -0.497 e. The van der Waals surface area contributed by atoms with Crippen molar-refractivity contribution in [2.45, 2.75) is 13.3 Å². The topological polar surface area (TPSA) is 56.8 Å². The van der Waals surface area contributed by atoms with Gasteiger partial charge >= 0.3 is 6.09 Å². The zero-order valence-corrected chi connectivity index (χ0v) is 13.4. The number of para-hydroxylation sites is 1. The molecule has 0 heterocycles. The van der Waals surface area contributed by atoms with E-state index in [2.05, 4.69) is 5.32 Å². The molecule has 0 unspecified atom stereocenters. The molecule has 0 aromatic heterocycles. The van der Waals surface area contributed by atoms with Crippen LogP contribution in [0.1, 0.15) is 12.5 Å². The molecule has 0 aliphatic rings. The van der Waals surface area contributed by atoms with Gasteiger partial charge in [-0.25, -0.2) is 4.79 Å². The summed E-state index contributed by atoms with van der Waals surface area (Å²) in [5.74, 6) is 1.56. The fourth-order valence-electron chi connectivity index (χ4n) is 2.09. The number of hydrogen-bond donors (Lipinski definition) is 1. The second kappa shape index (κ2) is 8.68. The number of methoxy groups -OCH3 is 1. The van der Waals surface area contributed by atoms with Crippen LogP contribution in [0, 0.1) is 0 Å². The molecule has 5 nitrogen and oxygen atoms in total. The van der Waals surface area contributed by atoms with E-state index in [-0.39, 0.29) is 6.61 Å². The highest BCUT2D eigenvalue weighted by atomic mass is 16.5. The van der Waals surface area contributed by atoms with Gasteiger partial charge in [0.05, 0.1) is 20.3 Å². The lowest BCUT2D eigenvalue weighted by Gasteiger charge is -2.11. The minimum atomic E-state index is -0.482. The van der Waals surface area contributed by atoms with Gasteiger partial charge in [-0.1, -0.05) is 18.2 Å². The maximum Gasteiger partial charge on any atom is 0.411 e. The van der Waals surface area contributed by atoms with Crippen molar-refractivity contribution in [3.8, 4) is 11.5 Å². The highest BCUT2D eigenvalue weighted by Crippen LogP contribution is 2.19. The number of anilines is 1. The van der Waals surface area contributed by atoms with Gasteiger partial charge < -0.3 is 14.2 Å². The zero-order valence-electron chi connectivity index (χ0n) is 13.4. The van der Waals surface area contributed by atoms with Crippen LogP contribution in [0.3, 0.4) is 0 Å². The molecule has 0 aliphatic heterocycles.